The highest BCUT2D eigenvalue weighted by atomic mass is 16.9. The van der Waals surface area contributed by atoms with Gasteiger partial charge in [-0.05, 0) is 13.8 Å². The van der Waals surface area contributed by atoms with Gasteiger partial charge in [-0.15, -0.1) is 10.1 Å². The number of nitrogens with one attached hydrogen (secondary N) is 1. The topological polar surface area (TPSA) is 119 Å². The molecule has 8 heteroatoms. The lowest BCUT2D eigenvalue weighted by molar-refractivity contribution is -0.760. The summed E-state index contributed by atoms with van der Waals surface area (Å²) in [6.07, 6.45) is 0. The molecule has 1 amide bonds. The fraction of sp³-hybridized carbons (Fsp3) is 0.714. The quantitative estimate of drug-likeness (QED) is 0.456. The molecule has 0 heterocycles. The normalized spacial score (nSPS) is 10.5. The number of aliphatic carboxylic acids is 1. The van der Waals surface area contributed by atoms with Crippen LogP contribution in [0.3, 0.4) is 0 Å². The van der Waals surface area contributed by atoms with E-state index in [1.165, 1.54) is 13.8 Å². The lowest BCUT2D eigenvalue weighted by Crippen LogP contribution is -2.42. The van der Waals surface area contributed by atoms with E-state index in [0.29, 0.717) is 0 Å². The third-order valence-electron chi connectivity index (χ3n) is 1.55. The molecule has 0 fully saturated rings. The molecule has 86 valence electrons. The third-order valence-corrected chi connectivity index (χ3v) is 1.55. The molecule has 15 heavy (non-hydrogen) atoms. The van der Waals surface area contributed by atoms with Crippen molar-refractivity contribution in [2.45, 2.75) is 13.8 Å². The zero-order valence-corrected chi connectivity index (χ0v) is 8.35. The molecule has 0 bridgehead atoms. The van der Waals surface area contributed by atoms with Crippen LogP contribution in [0.2, 0.25) is 0 Å². The molecule has 0 aromatic rings. The second-order valence-corrected chi connectivity index (χ2v) is 3.46. The van der Waals surface area contributed by atoms with Crippen molar-refractivity contribution in [2.75, 3.05) is 13.2 Å². The Labute approximate surface area is 85.3 Å². The van der Waals surface area contributed by atoms with Crippen molar-refractivity contribution in [3.8, 4) is 0 Å². The molecule has 0 spiro atoms. The molecule has 0 aromatic heterocycles. The summed E-state index contributed by atoms with van der Waals surface area (Å²) in [7, 11) is 0. The number of carbonyl (C=O) groups is 2. The molecule has 0 aromatic carbocycles. The van der Waals surface area contributed by atoms with E-state index in [2.05, 4.69) is 10.2 Å². The molecule has 0 aliphatic rings. The zero-order valence-electron chi connectivity index (χ0n) is 8.35. The van der Waals surface area contributed by atoms with Gasteiger partial charge >= 0.3 is 5.97 Å². The van der Waals surface area contributed by atoms with E-state index in [9.17, 15) is 19.7 Å². The van der Waals surface area contributed by atoms with Gasteiger partial charge in [-0.25, -0.2) is 0 Å². The van der Waals surface area contributed by atoms with Crippen molar-refractivity contribution in [1.82, 2.24) is 5.32 Å². The van der Waals surface area contributed by atoms with E-state index >= 15 is 0 Å². The molecule has 0 saturated carbocycles. The molecule has 0 saturated heterocycles. The van der Waals surface area contributed by atoms with Crippen LogP contribution in [0.25, 0.3) is 0 Å². The molecule has 8 nitrogen and oxygen atoms in total. The highest BCUT2D eigenvalue weighted by Crippen LogP contribution is 2.15. The van der Waals surface area contributed by atoms with Crippen molar-refractivity contribution in [2.24, 2.45) is 5.41 Å². The first kappa shape index (κ1) is 13.1. The summed E-state index contributed by atoms with van der Waals surface area (Å²) < 4.78 is 0. The van der Waals surface area contributed by atoms with Crippen molar-refractivity contribution in [1.29, 1.82) is 0 Å². The minimum Gasteiger partial charge on any atom is -0.480 e. The van der Waals surface area contributed by atoms with E-state index in [-0.39, 0.29) is 0 Å². The van der Waals surface area contributed by atoms with Crippen LogP contribution in [0, 0.1) is 15.5 Å². The summed E-state index contributed by atoms with van der Waals surface area (Å²) in [6.45, 7) is 1.87. The summed E-state index contributed by atoms with van der Waals surface area (Å²) >= 11 is 0. The van der Waals surface area contributed by atoms with Crippen LogP contribution in [0.5, 0.6) is 0 Å². The van der Waals surface area contributed by atoms with Gasteiger partial charge < -0.3 is 15.3 Å². The Morgan fingerprint density at radius 3 is 2.47 bits per heavy atom. The summed E-state index contributed by atoms with van der Waals surface area (Å²) in [4.78, 5) is 35.4. The predicted molar refractivity (Wildman–Crippen MR) is 47.4 cm³/mol. The largest absolute Gasteiger partial charge is 0.480 e. The lowest BCUT2D eigenvalue weighted by Gasteiger charge is -2.21. The summed E-state index contributed by atoms with van der Waals surface area (Å²) in [6, 6.07) is 0. The Hall–Kier alpha value is -1.86. The smallest absolute Gasteiger partial charge is 0.322 e. The number of hydrogen-bond acceptors (Lipinski definition) is 5. The summed E-state index contributed by atoms with van der Waals surface area (Å²) in [5.41, 5.74) is -1.15. The van der Waals surface area contributed by atoms with Crippen LogP contribution >= 0.6 is 0 Å². The van der Waals surface area contributed by atoms with Gasteiger partial charge in [0.05, 0.1) is 5.41 Å². The molecular formula is C7H12N2O6. The SMILES string of the molecule is CC(C)(CO[N+](=O)[O-])C(=O)NCC(=O)O. The Morgan fingerprint density at radius 1 is 1.53 bits per heavy atom. The number of amides is 1. The Balaban J connectivity index is 4.13. The molecule has 0 unspecified atom stereocenters. The van der Waals surface area contributed by atoms with Gasteiger partial charge in [-0.3, -0.25) is 9.59 Å². The van der Waals surface area contributed by atoms with Crippen LogP contribution in [0.1, 0.15) is 13.8 Å². The standard InChI is InChI=1S/C7H12N2O6/c1-7(2,4-15-9(13)14)6(12)8-3-5(10)11/h3-4H2,1-2H3,(H,8,12)(H,10,11). The fourth-order valence-electron chi connectivity index (χ4n) is 0.675. The van der Waals surface area contributed by atoms with Gasteiger partial charge in [-0.1, -0.05) is 0 Å². The Kier molecular flexibility index (Phi) is 4.49. The maximum absolute atomic E-state index is 11.3. The average Bonchev–Trinajstić information content (AvgIpc) is 2.11. The molecule has 2 N–H and O–H groups in total. The second kappa shape index (κ2) is 5.13. The number of rotatable bonds is 6. The first-order valence-corrected chi connectivity index (χ1v) is 4.03. The number of carboxylic acids is 1. The molecular weight excluding hydrogens is 208 g/mol. The number of carbonyl (C=O) groups excluding carboxylic acids is 1. The van der Waals surface area contributed by atoms with Crippen LogP contribution in [-0.4, -0.2) is 35.2 Å². The van der Waals surface area contributed by atoms with Crippen LogP contribution in [-0.2, 0) is 14.4 Å². The van der Waals surface area contributed by atoms with Gasteiger partial charge in [0.2, 0.25) is 5.91 Å². The molecule has 0 aliphatic carbocycles. The highest BCUT2D eigenvalue weighted by Gasteiger charge is 2.29. The van der Waals surface area contributed by atoms with Crippen LogP contribution < -0.4 is 5.32 Å². The maximum Gasteiger partial charge on any atom is 0.322 e. The summed E-state index contributed by atoms with van der Waals surface area (Å²) in [5.74, 6) is -1.80. The number of nitrogens with zero attached hydrogens (tertiary/aromatic N) is 1. The van der Waals surface area contributed by atoms with E-state index in [0.717, 1.165) is 0 Å². The Morgan fingerprint density at radius 2 is 2.07 bits per heavy atom. The monoisotopic (exact) mass is 220 g/mol. The Bertz CT molecular complexity index is 275. The molecule has 0 aliphatic heterocycles. The van der Waals surface area contributed by atoms with Gasteiger partial charge in [0.25, 0.3) is 5.09 Å². The van der Waals surface area contributed by atoms with Gasteiger partial charge in [0.1, 0.15) is 13.2 Å². The van der Waals surface area contributed by atoms with E-state index in [1.54, 1.807) is 0 Å². The van der Waals surface area contributed by atoms with Crippen LogP contribution in [0.4, 0.5) is 0 Å². The van der Waals surface area contributed by atoms with Gasteiger partial charge in [0.15, 0.2) is 0 Å². The van der Waals surface area contributed by atoms with E-state index in [1.807, 2.05) is 0 Å². The van der Waals surface area contributed by atoms with Gasteiger partial charge in [0, 0.05) is 0 Å². The first-order valence-electron chi connectivity index (χ1n) is 4.03. The minimum atomic E-state index is -1.19. The fourth-order valence-corrected chi connectivity index (χ4v) is 0.675. The molecule has 0 rings (SSSR count). The third kappa shape index (κ3) is 5.45. The van der Waals surface area contributed by atoms with Gasteiger partial charge in [-0.2, -0.15) is 0 Å². The molecule has 0 atom stereocenters. The van der Waals surface area contributed by atoms with Crippen molar-refractivity contribution >= 4 is 11.9 Å². The van der Waals surface area contributed by atoms with Crippen molar-refractivity contribution in [3.05, 3.63) is 10.1 Å². The number of carboxylic acid groups (broad SMARTS) is 1. The lowest BCUT2D eigenvalue weighted by atomic mass is 9.94. The van der Waals surface area contributed by atoms with Crippen LogP contribution in [0.15, 0.2) is 0 Å². The first-order chi connectivity index (χ1) is 6.75. The minimum absolute atomic E-state index is 0.425. The van der Waals surface area contributed by atoms with Crippen molar-refractivity contribution in [3.63, 3.8) is 0 Å². The maximum atomic E-state index is 11.3. The van der Waals surface area contributed by atoms with E-state index < -0.39 is 35.5 Å². The van der Waals surface area contributed by atoms with Crippen molar-refractivity contribution < 1.29 is 24.6 Å². The average molecular weight is 220 g/mol. The zero-order chi connectivity index (χ0) is 12.1. The second-order valence-electron chi connectivity index (χ2n) is 3.46. The highest BCUT2D eigenvalue weighted by molar-refractivity contribution is 5.85. The summed E-state index contributed by atoms with van der Waals surface area (Å²) in [5, 5.41) is 19.3. The molecule has 0 radical (unpaired) electrons. The predicted octanol–water partition coefficient (Wildman–Crippen LogP) is -0.578. The number of hydrogen-bond donors (Lipinski definition) is 2. The van der Waals surface area contributed by atoms with E-state index in [4.69, 9.17) is 5.11 Å².